The van der Waals surface area contributed by atoms with E-state index in [2.05, 4.69) is 5.32 Å². The molecule has 1 aromatic carbocycles. The number of carbonyl (C=O) groups is 2. The zero-order chi connectivity index (χ0) is 19.0. The van der Waals surface area contributed by atoms with E-state index in [4.69, 9.17) is 4.74 Å². The van der Waals surface area contributed by atoms with E-state index in [1.165, 1.54) is 17.0 Å². The highest BCUT2D eigenvalue weighted by Gasteiger charge is 2.30. The molecular weight excluding hydrogens is 363 g/mol. The van der Waals surface area contributed by atoms with Gasteiger partial charge < -0.3 is 15.0 Å². The molecule has 9 heteroatoms. The maximum atomic E-state index is 12.5. The maximum Gasteiger partial charge on any atom is 0.224 e. The second-order valence-electron chi connectivity index (χ2n) is 5.94. The Morgan fingerprint density at radius 1 is 1.27 bits per heavy atom. The molecule has 144 valence electrons. The van der Waals surface area contributed by atoms with E-state index >= 15 is 0 Å². The van der Waals surface area contributed by atoms with Crippen molar-refractivity contribution in [1.29, 1.82) is 0 Å². The fourth-order valence-electron chi connectivity index (χ4n) is 2.74. The molecule has 7 nitrogen and oxygen atoms in total. The number of halogens is 1. The number of rotatable bonds is 8. The van der Waals surface area contributed by atoms with Crippen molar-refractivity contribution in [2.24, 2.45) is 0 Å². The van der Waals surface area contributed by atoms with Gasteiger partial charge in [-0.25, -0.2) is 12.8 Å². The molecule has 0 spiro atoms. The molecule has 0 aromatic heterocycles. The number of carbonyl (C=O) groups excluding carboxylic acids is 2. The number of benzene rings is 1. The minimum atomic E-state index is -3.55. The van der Waals surface area contributed by atoms with Crippen LogP contribution < -0.4 is 5.32 Å². The Bertz CT molecular complexity index is 711. The van der Waals surface area contributed by atoms with Crippen LogP contribution in [0.25, 0.3) is 0 Å². The highest BCUT2D eigenvalue weighted by Crippen LogP contribution is 2.15. The number of sulfone groups is 1. The summed E-state index contributed by atoms with van der Waals surface area (Å²) in [5.74, 6) is -1.00. The Balaban J connectivity index is 1.94. The molecule has 0 bridgehead atoms. The summed E-state index contributed by atoms with van der Waals surface area (Å²) in [7, 11) is -3.55. The fraction of sp³-hybridized carbons (Fsp3) is 0.529. The van der Waals surface area contributed by atoms with Gasteiger partial charge in [0.15, 0.2) is 9.84 Å². The minimum absolute atomic E-state index is 0.00280. The minimum Gasteiger partial charge on any atom is -0.377 e. The van der Waals surface area contributed by atoms with E-state index in [1.54, 1.807) is 18.2 Å². The van der Waals surface area contributed by atoms with Crippen LogP contribution in [-0.4, -0.2) is 69.9 Å². The van der Waals surface area contributed by atoms with Gasteiger partial charge in [0.25, 0.3) is 0 Å². The number of amides is 2. The molecule has 1 aromatic rings. The van der Waals surface area contributed by atoms with Crippen LogP contribution in [0, 0.1) is 0 Å². The number of morpholine rings is 1. The maximum absolute atomic E-state index is 12.5. The number of hydrogen-bond donors (Lipinski definition) is 1. The fourth-order valence-corrected chi connectivity index (χ4v) is 3.99. The predicted octanol–water partition coefficient (Wildman–Crippen LogP) is 0.554. The second kappa shape index (κ2) is 9.63. The lowest BCUT2D eigenvalue weighted by atomic mass is 10.1. The molecule has 0 saturated carbocycles. The first-order valence-corrected chi connectivity index (χ1v) is 10.1. The molecule has 0 radical (unpaired) electrons. The van der Waals surface area contributed by atoms with Crippen molar-refractivity contribution in [1.82, 2.24) is 10.2 Å². The van der Waals surface area contributed by atoms with E-state index in [1.807, 2.05) is 0 Å². The van der Waals surface area contributed by atoms with Gasteiger partial charge in [0.1, 0.15) is 6.67 Å². The van der Waals surface area contributed by atoms with Crippen LogP contribution in [0.5, 0.6) is 0 Å². The van der Waals surface area contributed by atoms with Crippen LogP contribution in [0.1, 0.15) is 12.8 Å². The van der Waals surface area contributed by atoms with Gasteiger partial charge in [-0.2, -0.15) is 0 Å². The molecule has 1 saturated heterocycles. The summed E-state index contributed by atoms with van der Waals surface area (Å²) in [4.78, 5) is 25.9. The van der Waals surface area contributed by atoms with Crippen LogP contribution in [0.15, 0.2) is 35.2 Å². The first-order chi connectivity index (χ1) is 12.4. The van der Waals surface area contributed by atoms with E-state index in [-0.39, 0.29) is 48.5 Å². The zero-order valence-corrected chi connectivity index (χ0v) is 15.2. The quantitative estimate of drug-likeness (QED) is 0.705. The number of hydrogen-bond acceptors (Lipinski definition) is 5. The van der Waals surface area contributed by atoms with Crippen LogP contribution in [0.4, 0.5) is 4.39 Å². The molecule has 1 aliphatic heterocycles. The zero-order valence-electron chi connectivity index (χ0n) is 14.4. The van der Waals surface area contributed by atoms with E-state index < -0.39 is 22.6 Å². The first-order valence-electron chi connectivity index (χ1n) is 8.41. The van der Waals surface area contributed by atoms with E-state index in [9.17, 15) is 22.4 Å². The second-order valence-corrected chi connectivity index (χ2v) is 8.05. The van der Waals surface area contributed by atoms with Gasteiger partial charge in [0.05, 0.1) is 29.9 Å². The Morgan fingerprint density at radius 3 is 2.69 bits per heavy atom. The predicted molar refractivity (Wildman–Crippen MR) is 93.0 cm³/mol. The lowest BCUT2D eigenvalue weighted by Crippen LogP contribution is -2.50. The Morgan fingerprint density at radius 2 is 2.00 bits per heavy atom. The average molecular weight is 386 g/mol. The molecule has 1 fully saturated rings. The van der Waals surface area contributed by atoms with Crippen molar-refractivity contribution in [2.75, 3.05) is 38.7 Å². The summed E-state index contributed by atoms with van der Waals surface area (Å²) >= 11 is 0. The molecule has 2 rings (SSSR count). The molecule has 26 heavy (non-hydrogen) atoms. The van der Waals surface area contributed by atoms with Crippen molar-refractivity contribution < 1.29 is 27.1 Å². The van der Waals surface area contributed by atoms with Crippen LogP contribution >= 0.6 is 0 Å². The SMILES string of the molecule is O=C(C[C@H]1COCCN1C(=O)CCS(=O)(=O)c1ccccc1)NCCF. The topological polar surface area (TPSA) is 92.8 Å². The summed E-state index contributed by atoms with van der Waals surface area (Å²) in [5, 5.41) is 2.41. The molecule has 1 aliphatic rings. The van der Waals surface area contributed by atoms with Crippen LogP contribution in [-0.2, 0) is 24.2 Å². The highest BCUT2D eigenvalue weighted by molar-refractivity contribution is 7.91. The van der Waals surface area contributed by atoms with Gasteiger partial charge in [-0.05, 0) is 12.1 Å². The monoisotopic (exact) mass is 386 g/mol. The van der Waals surface area contributed by atoms with Crippen molar-refractivity contribution >= 4 is 21.7 Å². The smallest absolute Gasteiger partial charge is 0.224 e. The molecule has 1 heterocycles. The van der Waals surface area contributed by atoms with Gasteiger partial charge in [-0.3, -0.25) is 9.59 Å². The van der Waals surface area contributed by atoms with E-state index in [0.29, 0.717) is 13.2 Å². The van der Waals surface area contributed by atoms with Crippen molar-refractivity contribution in [3.63, 3.8) is 0 Å². The largest absolute Gasteiger partial charge is 0.377 e. The summed E-state index contributed by atoms with van der Waals surface area (Å²) in [6.07, 6.45) is -0.170. The van der Waals surface area contributed by atoms with Crippen molar-refractivity contribution in [3.8, 4) is 0 Å². The normalized spacial score (nSPS) is 17.7. The third-order valence-corrected chi connectivity index (χ3v) is 5.80. The van der Waals surface area contributed by atoms with Gasteiger partial charge in [-0.15, -0.1) is 0 Å². The lowest BCUT2D eigenvalue weighted by molar-refractivity contribution is -0.141. The molecule has 2 amide bonds. The van der Waals surface area contributed by atoms with Crippen molar-refractivity contribution in [2.45, 2.75) is 23.8 Å². The van der Waals surface area contributed by atoms with Crippen molar-refractivity contribution in [3.05, 3.63) is 30.3 Å². The van der Waals surface area contributed by atoms with Gasteiger partial charge in [0.2, 0.25) is 11.8 Å². The van der Waals surface area contributed by atoms with Gasteiger partial charge in [0, 0.05) is 25.9 Å². The summed E-state index contributed by atoms with van der Waals surface area (Å²) in [6.45, 7) is 0.0911. The molecule has 0 aliphatic carbocycles. The van der Waals surface area contributed by atoms with Crippen LogP contribution in [0.3, 0.4) is 0 Å². The number of nitrogens with zero attached hydrogens (tertiary/aromatic N) is 1. The lowest BCUT2D eigenvalue weighted by Gasteiger charge is -2.35. The third-order valence-electron chi connectivity index (χ3n) is 4.07. The molecule has 0 unspecified atom stereocenters. The number of nitrogens with one attached hydrogen (secondary N) is 1. The Kier molecular flexibility index (Phi) is 7.52. The number of ether oxygens (including phenoxy) is 1. The van der Waals surface area contributed by atoms with E-state index in [0.717, 1.165) is 0 Å². The first kappa shape index (κ1) is 20.3. The number of alkyl halides is 1. The third kappa shape index (κ3) is 5.77. The average Bonchev–Trinajstić information content (AvgIpc) is 2.65. The summed E-state index contributed by atoms with van der Waals surface area (Å²) in [5.41, 5.74) is 0. The molecule has 1 atom stereocenters. The molecule has 1 N–H and O–H groups in total. The molecular formula is C17H23FN2O5S. The van der Waals surface area contributed by atoms with Crippen LogP contribution in [0.2, 0.25) is 0 Å². The standard InChI is InChI=1S/C17H23FN2O5S/c18-7-8-19-16(21)12-14-13-25-10-9-20(14)17(22)6-11-26(23,24)15-4-2-1-3-5-15/h1-5,14H,6-13H2,(H,19,21)/t14-/m0/s1. The Hall–Kier alpha value is -2.00. The Labute approximate surface area is 152 Å². The summed E-state index contributed by atoms with van der Waals surface area (Å²) < 4.78 is 42.0. The van der Waals surface area contributed by atoms with Gasteiger partial charge in [-0.1, -0.05) is 18.2 Å². The van der Waals surface area contributed by atoms with Gasteiger partial charge >= 0.3 is 0 Å². The summed E-state index contributed by atoms with van der Waals surface area (Å²) in [6, 6.07) is 7.48. The highest BCUT2D eigenvalue weighted by atomic mass is 32.2.